The molecule has 2 amide bonds. The molecule has 0 saturated heterocycles. The minimum Gasteiger partial charge on any atom is -0.426 e. The van der Waals surface area contributed by atoms with E-state index in [4.69, 9.17) is 11.5 Å². The number of nitrogens with two attached hydrogens (primary N) is 2. The van der Waals surface area contributed by atoms with E-state index in [0.717, 1.165) is 29.2 Å². The summed E-state index contributed by atoms with van der Waals surface area (Å²) in [5, 5.41) is 27.3. The second-order valence-electron chi connectivity index (χ2n) is 8.60. The van der Waals surface area contributed by atoms with E-state index in [2.05, 4.69) is 15.6 Å². The van der Waals surface area contributed by atoms with Crippen molar-refractivity contribution in [3.63, 3.8) is 0 Å². The quantitative estimate of drug-likeness (QED) is 0.101. The van der Waals surface area contributed by atoms with Crippen LogP contribution in [0.3, 0.4) is 0 Å². The van der Waals surface area contributed by atoms with Crippen LogP contribution in [0, 0.1) is 5.41 Å². The second kappa shape index (κ2) is 11.2. The second-order valence-corrected chi connectivity index (χ2v) is 8.60. The van der Waals surface area contributed by atoms with Gasteiger partial charge >= 0.3 is 7.12 Å². The fourth-order valence-corrected chi connectivity index (χ4v) is 4.36. The molecule has 0 spiro atoms. The number of amides is 2. The van der Waals surface area contributed by atoms with Crippen molar-refractivity contribution in [1.82, 2.24) is 10.6 Å². The summed E-state index contributed by atoms with van der Waals surface area (Å²) < 4.78 is 0. The predicted octanol–water partition coefficient (Wildman–Crippen LogP) is 0.567. The molecule has 1 aliphatic carbocycles. The molecular formula is C23H32BN5O4. The van der Waals surface area contributed by atoms with Crippen LogP contribution in [0.25, 0.3) is 10.8 Å². The van der Waals surface area contributed by atoms with E-state index in [1.54, 1.807) is 0 Å². The molecule has 176 valence electrons. The van der Waals surface area contributed by atoms with Gasteiger partial charge in [-0.3, -0.25) is 14.6 Å². The Morgan fingerprint density at radius 3 is 2.42 bits per heavy atom. The highest BCUT2D eigenvalue weighted by Crippen LogP contribution is 2.39. The molecule has 1 saturated carbocycles. The average molecular weight is 453 g/mol. The van der Waals surface area contributed by atoms with Crippen LogP contribution in [0.1, 0.15) is 44.1 Å². The van der Waals surface area contributed by atoms with E-state index in [-0.39, 0.29) is 18.3 Å². The SMILES string of the molecule is NC(N)=NCCCC(NC(=O)C1(C(=O)NCc2ccc3ccccc3c2)CCCC1)B(O)O. The minimum atomic E-state index is -1.76. The van der Waals surface area contributed by atoms with Crippen LogP contribution in [0.15, 0.2) is 47.5 Å². The molecule has 0 aliphatic heterocycles. The van der Waals surface area contributed by atoms with Gasteiger partial charge in [0.1, 0.15) is 5.41 Å². The van der Waals surface area contributed by atoms with Crippen molar-refractivity contribution in [3.8, 4) is 0 Å². The first-order valence-corrected chi connectivity index (χ1v) is 11.3. The van der Waals surface area contributed by atoms with Gasteiger partial charge < -0.3 is 32.1 Å². The van der Waals surface area contributed by atoms with Gasteiger partial charge in [0.2, 0.25) is 11.8 Å². The normalized spacial score (nSPS) is 15.6. The summed E-state index contributed by atoms with van der Waals surface area (Å²) >= 11 is 0. The van der Waals surface area contributed by atoms with E-state index in [9.17, 15) is 19.6 Å². The van der Waals surface area contributed by atoms with E-state index in [1.807, 2.05) is 42.5 Å². The van der Waals surface area contributed by atoms with Gasteiger partial charge in [0.25, 0.3) is 0 Å². The Labute approximate surface area is 193 Å². The van der Waals surface area contributed by atoms with Gasteiger partial charge in [-0.15, -0.1) is 0 Å². The number of nitrogens with zero attached hydrogens (tertiary/aromatic N) is 1. The summed E-state index contributed by atoms with van der Waals surface area (Å²) in [4.78, 5) is 30.2. The summed E-state index contributed by atoms with van der Waals surface area (Å²) in [7, 11) is -1.76. The smallest absolute Gasteiger partial charge is 0.426 e. The first-order chi connectivity index (χ1) is 15.8. The standard InChI is InChI=1S/C23H32BN5O4/c25-22(26)27-13-5-8-19(24(32)33)29-21(31)23(11-3-4-12-23)20(30)28-15-16-9-10-17-6-1-2-7-18(17)14-16/h1-2,6-7,9-10,14,19,32-33H,3-5,8,11-13,15H2,(H,28,30)(H,29,31)(H4,25,26,27). The van der Waals surface area contributed by atoms with Gasteiger partial charge in [0.15, 0.2) is 5.96 Å². The number of benzene rings is 2. The molecule has 33 heavy (non-hydrogen) atoms. The van der Waals surface area contributed by atoms with Crippen molar-refractivity contribution in [3.05, 3.63) is 48.0 Å². The van der Waals surface area contributed by atoms with Crippen molar-refractivity contribution in [1.29, 1.82) is 0 Å². The maximum absolute atomic E-state index is 13.2. The molecule has 0 aromatic heterocycles. The van der Waals surface area contributed by atoms with Crippen molar-refractivity contribution < 1.29 is 19.6 Å². The first kappa shape index (κ1) is 24.5. The molecule has 8 N–H and O–H groups in total. The highest BCUT2D eigenvalue weighted by atomic mass is 16.4. The maximum Gasteiger partial charge on any atom is 0.475 e. The third-order valence-corrected chi connectivity index (χ3v) is 6.24. The lowest BCUT2D eigenvalue weighted by molar-refractivity contribution is -0.143. The Kier molecular flexibility index (Phi) is 8.29. The molecule has 2 aromatic rings. The molecule has 1 atom stereocenters. The van der Waals surface area contributed by atoms with Crippen molar-refractivity contribution in [2.75, 3.05) is 6.54 Å². The number of aliphatic imine (C=N–C) groups is 1. The molecule has 10 heteroatoms. The number of guanidine groups is 1. The largest absolute Gasteiger partial charge is 0.475 e. The number of hydrogen-bond acceptors (Lipinski definition) is 5. The lowest BCUT2D eigenvalue weighted by Gasteiger charge is -2.29. The number of rotatable bonds is 10. The summed E-state index contributed by atoms with van der Waals surface area (Å²) in [5.74, 6) is -1.78. The Bertz CT molecular complexity index is 1000. The number of fused-ring (bicyclic) bond motifs is 1. The lowest BCUT2D eigenvalue weighted by Crippen LogP contribution is -2.55. The number of carbonyl (C=O) groups excluding carboxylic acids is 2. The van der Waals surface area contributed by atoms with E-state index in [1.165, 1.54) is 0 Å². The van der Waals surface area contributed by atoms with E-state index >= 15 is 0 Å². The van der Waals surface area contributed by atoms with Crippen LogP contribution >= 0.6 is 0 Å². The monoisotopic (exact) mass is 453 g/mol. The Hall–Kier alpha value is -3.11. The Morgan fingerprint density at radius 1 is 1.06 bits per heavy atom. The minimum absolute atomic E-state index is 0.0480. The zero-order valence-electron chi connectivity index (χ0n) is 18.7. The van der Waals surface area contributed by atoms with Gasteiger partial charge in [0.05, 0.1) is 5.94 Å². The fourth-order valence-electron chi connectivity index (χ4n) is 4.36. The van der Waals surface area contributed by atoms with Crippen LogP contribution in [0.5, 0.6) is 0 Å². The fraction of sp³-hybridized carbons (Fsp3) is 0.435. The highest BCUT2D eigenvalue weighted by Gasteiger charge is 2.48. The predicted molar refractivity (Wildman–Crippen MR) is 129 cm³/mol. The molecule has 9 nitrogen and oxygen atoms in total. The summed E-state index contributed by atoms with van der Waals surface area (Å²) in [5.41, 5.74) is 10.3. The van der Waals surface area contributed by atoms with Crippen LogP contribution < -0.4 is 22.1 Å². The molecule has 1 fully saturated rings. The maximum atomic E-state index is 13.2. The molecule has 0 bridgehead atoms. The van der Waals surface area contributed by atoms with Crippen LogP contribution in [-0.2, 0) is 16.1 Å². The van der Waals surface area contributed by atoms with Gasteiger partial charge in [-0.25, -0.2) is 0 Å². The van der Waals surface area contributed by atoms with Crippen LogP contribution in [0.4, 0.5) is 0 Å². The van der Waals surface area contributed by atoms with Gasteiger partial charge in [-0.2, -0.15) is 0 Å². The third-order valence-electron chi connectivity index (χ3n) is 6.24. The Balaban J connectivity index is 1.64. The molecule has 2 aromatic carbocycles. The highest BCUT2D eigenvalue weighted by molar-refractivity contribution is 6.43. The Morgan fingerprint density at radius 2 is 1.76 bits per heavy atom. The molecular weight excluding hydrogens is 421 g/mol. The molecule has 0 heterocycles. The third kappa shape index (κ3) is 6.24. The number of carbonyl (C=O) groups is 2. The zero-order valence-corrected chi connectivity index (χ0v) is 18.7. The molecule has 0 radical (unpaired) electrons. The topological polar surface area (TPSA) is 163 Å². The summed E-state index contributed by atoms with van der Waals surface area (Å²) in [6.07, 6.45) is 3.06. The summed E-state index contributed by atoms with van der Waals surface area (Å²) in [6.45, 7) is 0.613. The number of hydrogen-bond donors (Lipinski definition) is 6. The molecule has 1 unspecified atom stereocenters. The lowest BCUT2D eigenvalue weighted by atomic mass is 9.75. The van der Waals surface area contributed by atoms with Crippen molar-refractivity contribution in [2.45, 2.75) is 51.0 Å². The van der Waals surface area contributed by atoms with Gasteiger partial charge in [-0.05, 0) is 48.1 Å². The van der Waals surface area contributed by atoms with Crippen molar-refractivity contribution in [2.24, 2.45) is 21.9 Å². The number of nitrogens with one attached hydrogen (secondary N) is 2. The molecule has 1 aliphatic rings. The first-order valence-electron chi connectivity index (χ1n) is 11.3. The van der Waals surface area contributed by atoms with E-state index < -0.39 is 24.4 Å². The van der Waals surface area contributed by atoms with E-state index in [0.29, 0.717) is 32.4 Å². The summed E-state index contributed by atoms with van der Waals surface area (Å²) in [6, 6.07) is 14.0. The van der Waals surface area contributed by atoms with Crippen molar-refractivity contribution >= 4 is 35.7 Å². The van der Waals surface area contributed by atoms with Gasteiger partial charge in [-0.1, -0.05) is 49.2 Å². The van der Waals surface area contributed by atoms with Crippen LogP contribution in [0.2, 0.25) is 0 Å². The van der Waals surface area contributed by atoms with Gasteiger partial charge in [0, 0.05) is 13.1 Å². The zero-order chi connectivity index (χ0) is 23.8. The molecule has 3 rings (SSSR count). The van der Waals surface area contributed by atoms with Crippen LogP contribution in [-0.4, -0.2) is 47.4 Å². The average Bonchev–Trinajstić information content (AvgIpc) is 3.30.